The highest BCUT2D eigenvalue weighted by Gasteiger charge is 2.45. The molecule has 0 radical (unpaired) electrons. The number of aromatic nitrogens is 4. The zero-order valence-electron chi connectivity index (χ0n) is 12.4. The molecule has 2 saturated heterocycles. The van der Waals surface area contributed by atoms with E-state index in [1.165, 1.54) is 6.42 Å². The zero-order chi connectivity index (χ0) is 15.4. The Balaban J connectivity index is 1.28. The Hall–Kier alpha value is -2.16. The van der Waals surface area contributed by atoms with Crippen LogP contribution in [0.25, 0.3) is 11.4 Å². The third-order valence-corrected chi connectivity index (χ3v) is 5.58. The zero-order valence-corrected chi connectivity index (χ0v) is 13.2. The number of anilines is 1. The summed E-state index contributed by atoms with van der Waals surface area (Å²) in [6.07, 6.45) is 2.68. The molecule has 3 atom stereocenters. The number of nitrogens with one attached hydrogen (secondary N) is 1. The molecule has 23 heavy (non-hydrogen) atoms. The Morgan fingerprint density at radius 3 is 3.00 bits per heavy atom. The van der Waals surface area contributed by atoms with Crippen molar-refractivity contribution in [3.63, 3.8) is 0 Å². The Bertz CT molecular complexity index is 748. The Morgan fingerprint density at radius 2 is 2.22 bits per heavy atom. The standard InChI is InChI=1S/C14H16N6O2S/c21-14-15-2-10(22-14)5-20-6-11(17-18-20)12-7-23-13(16-12)19-3-8-1-9(8)4-19/h6-10H,1-5H2,(H,15,21). The molecule has 1 aliphatic carbocycles. The molecule has 0 aromatic carbocycles. The van der Waals surface area contributed by atoms with Crippen molar-refractivity contribution in [1.29, 1.82) is 0 Å². The molecule has 120 valence electrons. The lowest BCUT2D eigenvalue weighted by Crippen LogP contribution is -2.21. The van der Waals surface area contributed by atoms with Crippen LogP contribution in [0.1, 0.15) is 6.42 Å². The number of alkyl carbamates (subject to hydrolysis) is 1. The predicted octanol–water partition coefficient (Wildman–Crippen LogP) is 0.966. The lowest BCUT2D eigenvalue weighted by Gasteiger charge is -2.15. The quantitative estimate of drug-likeness (QED) is 0.898. The van der Waals surface area contributed by atoms with Crippen molar-refractivity contribution < 1.29 is 9.53 Å². The molecule has 5 rings (SSSR count). The average Bonchev–Trinajstić information content (AvgIpc) is 3.08. The van der Waals surface area contributed by atoms with E-state index in [-0.39, 0.29) is 12.2 Å². The number of carbonyl (C=O) groups is 1. The second-order valence-electron chi connectivity index (χ2n) is 6.41. The van der Waals surface area contributed by atoms with Crippen LogP contribution in [-0.4, -0.2) is 51.8 Å². The van der Waals surface area contributed by atoms with Crippen LogP contribution < -0.4 is 10.2 Å². The topological polar surface area (TPSA) is 85.2 Å². The van der Waals surface area contributed by atoms with Crippen molar-refractivity contribution in [3.8, 4) is 11.4 Å². The van der Waals surface area contributed by atoms with Crippen molar-refractivity contribution in [1.82, 2.24) is 25.3 Å². The third kappa shape index (κ3) is 2.44. The summed E-state index contributed by atoms with van der Waals surface area (Å²) in [5.74, 6) is 1.79. The van der Waals surface area contributed by atoms with Gasteiger partial charge in [0.05, 0.1) is 19.3 Å². The summed E-state index contributed by atoms with van der Waals surface area (Å²) in [6.45, 7) is 3.29. The maximum Gasteiger partial charge on any atom is 0.407 e. The van der Waals surface area contributed by atoms with E-state index in [2.05, 4.69) is 20.5 Å². The summed E-state index contributed by atoms with van der Waals surface area (Å²) >= 11 is 1.67. The van der Waals surface area contributed by atoms with Gasteiger partial charge in [0.25, 0.3) is 0 Å². The van der Waals surface area contributed by atoms with E-state index in [1.54, 1.807) is 16.0 Å². The summed E-state index contributed by atoms with van der Waals surface area (Å²) in [4.78, 5) is 18.1. The van der Waals surface area contributed by atoms with Gasteiger partial charge in [-0.05, 0) is 18.3 Å². The van der Waals surface area contributed by atoms with E-state index >= 15 is 0 Å². The minimum Gasteiger partial charge on any atom is -0.442 e. The van der Waals surface area contributed by atoms with E-state index in [9.17, 15) is 4.79 Å². The molecular weight excluding hydrogens is 316 g/mol. The fraction of sp³-hybridized carbons (Fsp3) is 0.571. The molecule has 2 aromatic rings. The van der Waals surface area contributed by atoms with Crippen LogP contribution in [0.3, 0.4) is 0 Å². The maximum absolute atomic E-state index is 11.0. The van der Waals surface area contributed by atoms with Crippen LogP contribution in [0.15, 0.2) is 11.6 Å². The first kappa shape index (κ1) is 13.3. The second kappa shape index (κ2) is 4.92. The molecule has 0 bridgehead atoms. The fourth-order valence-corrected chi connectivity index (χ4v) is 4.17. The summed E-state index contributed by atoms with van der Waals surface area (Å²) in [7, 11) is 0. The van der Waals surface area contributed by atoms with E-state index in [1.807, 2.05) is 11.6 Å². The third-order valence-electron chi connectivity index (χ3n) is 4.68. The number of piperidine rings is 1. The van der Waals surface area contributed by atoms with Gasteiger partial charge in [-0.25, -0.2) is 14.5 Å². The van der Waals surface area contributed by atoms with Crippen LogP contribution in [0.2, 0.25) is 0 Å². The van der Waals surface area contributed by atoms with Gasteiger partial charge in [0, 0.05) is 18.5 Å². The van der Waals surface area contributed by atoms with E-state index in [0.717, 1.165) is 41.4 Å². The SMILES string of the molecule is O=C1NCC(Cn2cc(-c3csc(N4CC5CC5C4)n3)nn2)O1. The molecule has 1 saturated carbocycles. The van der Waals surface area contributed by atoms with Crippen molar-refractivity contribution in [3.05, 3.63) is 11.6 Å². The molecule has 8 nitrogen and oxygen atoms in total. The highest BCUT2D eigenvalue weighted by molar-refractivity contribution is 7.14. The van der Waals surface area contributed by atoms with Crippen molar-refractivity contribution in [2.75, 3.05) is 24.5 Å². The number of cyclic esters (lactones) is 1. The lowest BCUT2D eigenvalue weighted by atomic mass is 10.3. The normalized spacial score (nSPS) is 28.6. The highest BCUT2D eigenvalue weighted by Crippen LogP contribution is 2.46. The van der Waals surface area contributed by atoms with Crippen molar-refractivity contribution in [2.45, 2.75) is 19.1 Å². The molecule has 1 N–H and O–H groups in total. The first-order chi connectivity index (χ1) is 11.2. The molecule has 1 amide bonds. The van der Waals surface area contributed by atoms with Crippen LogP contribution in [0, 0.1) is 11.8 Å². The number of amides is 1. The van der Waals surface area contributed by atoms with Gasteiger partial charge in [-0.1, -0.05) is 5.21 Å². The Morgan fingerprint density at radius 1 is 1.35 bits per heavy atom. The van der Waals surface area contributed by atoms with Gasteiger partial charge in [0.15, 0.2) is 5.13 Å². The second-order valence-corrected chi connectivity index (χ2v) is 7.25. The number of hydrogen-bond donors (Lipinski definition) is 1. The molecule has 3 fully saturated rings. The van der Waals surface area contributed by atoms with E-state index in [0.29, 0.717) is 13.1 Å². The largest absolute Gasteiger partial charge is 0.442 e. The number of carbonyl (C=O) groups excluding carboxylic acids is 1. The van der Waals surface area contributed by atoms with Crippen LogP contribution in [0.4, 0.5) is 9.93 Å². The predicted molar refractivity (Wildman–Crippen MR) is 83.2 cm³/mol. The van der Waals surface area contributed by atoms with Gasteiger partial charge in [-0.3, -0.25) is 0 Å². The van der Waals surface area contributed by atoms with Crippen molar-refractivity contribution in [2.24, 2.45) is 11.8 Å². The molecular formula is C14H16N6O2S. The number of fused-ring (bicyclic) bond motifs is 1. The van der Waals surface area contributed by atoms with Crippen LogP contribution in [-0.2, 0) is 11.3 Å². The van der Waals surface area contributed by atoms with Crippen molar-refractivity contribution >= 4 is 22.6 Å². The molecule has 3 unspecified atom stereocenters. The molecule has 4 heterocycles. The van der Waals surface area contributed by atoms with E-state index < -0.39 is 0 Å². The highest BCUT2D eigenvalue weighted by atomic mass is 32.1. The Labute approximate surface area is 136 Å². The number of rotatable bonds is 4. The molecule has 0 spiro atoms. The van der Waals surface area contributed by atoms with Gasteiger partial charge < -0.3 is 15.0 Å². The Kier molecular flexibility index (Phi) is 2.84. The number of nitrogens with zero attached hydrogens (tertiary/aromatic N) is 5. The van der Waals surface area contributed by atoms with Gasteiger partial charge >= 0.3 is 6.09 Å². The minimum absolute atomic E-state index is 0.195. The average molecular weight is 332 g/mol. The number of hydrogen-bond acceptors (Lipinski definition) is 7. The van der Waals surface area contributed by atoms with Crippen LogP contribution >= 0.6 is 11.3 Å². The van der Waals surface area contributed by atoms with Gasteiger partial charge in [0.1, 0.15) is 17.5 Å². The number of thiazole rings is 1. The van der Waals surface area contributed by atoms with E-state index in [4.69, 9.17) is 9.72 Å². The van der Waals surface area contributed by atoms with Crippen LogP contribution in [0.5, 0.6) is 0 Å². The first-order valence-electron chi connectivity index (χ1n) is 7.80. The van der Waals surface area contributed by atoms with Gasteiger partial charge in [-0.15, -0.1) is 16.4 Å². The monoisotopic (exact) mass is 332 g/mol. The molecule has 3 aliphatic rings. The summed E-state index contributed by atoms with van der Waals surface area (Å²) in [5, 5.41) is 14.0. The lowest BCUT2D eigenvalue weighted by molar-refractivity contribution is 0.128. The molecule has 2 aliphatic heterocycles. The minimum atomic E-state index is -0.372. The summed E-state index contributed by atoms with van der Waals surface area (Å²) in [5.41, 5.74) is 1.62. The van der Waals surface area contributed by atoms with Gasteiger partial charge in [0.2, 0.25) is 0 Å². The van der Waals surface area contributed by atoms with Gasteiger partial charge in [-0.2, -0.15) is 0 Å². The summed E-state index contributed by atoms with van der Waals surface area (Å²) < 4.78 is 6.81. The first-order valence-corrected chi connectivity index (χ1v) is 8.68. The smallest absolute Gasteiger partial charge is 0.407 e. The maximum atomic E-state index is 11.0. The fourth-order valence-electron chi connectivity index (χ4n) is 3.33. The molecule has 2 aromatic heterocycles. The summed E-state index contributed by atoms with van der Waals surface area (Å²) in [6, 6.07) is 0. The number of ether oxygens (including phenoxy) is 1. The molecule has 9 heteroatoms.